The van der Waals surface area contributed by atoms with Crippen LogP contribution in [0.1, 0.15) is 18.5 Å². The summed E-state index contributed by atoms with van der Waals surface area (Å²) in [4.78, 5) is 2.13. The van der Waals surface area contributed by atoms with Crippen molar-refractivity contribution in [3.8, 4) is 0 Å². The second-order valence-corrected chi connectivity index (χ2v) is 4.67. The SMILES string of the molecule is CC(c1ccccc1B(Cl)Cl)N(C)C. The minimum Gasteiger partial charge on any atom is -0.303 e. The predicted molar refractivity (Wildman–Crippen MR) is 65.6 cm³/mol. The fraction of sp³-hybridized carbons (Fsp3) is 0.400. The van der Waals surface area contributed by atoms with Crippen molar-refractivity contribution in [3.63, 3.8) is 0 Å². The Bertz CT molecular complexity index is 302. The van der Waals surface area contributed by atoms with E-state index in [4.69, 9.17) is 22.9 Å². The van der Waals surface area contributed by atoms with Crippen molar-refractivity contribution in [2.45, 2.75) is 13.0 Å². The maximum Gasteiger partial charge on any atom is 0.383 e. The van der Waals surface area contributed by atoms with E-state index >= 15 is 0 Å². The van der Waals surface area contributed by atoms with Crippen LogP contribution in [0.2, 0.25) is 0 Å². The maximum atomic E-state index is 5.90. The molecule has 1 rings (SSSR count). The van der Waals surface area contributed by atoms with E-state index in [1.54, 1.807) is 0 Å². The zero-order valence-corrected chi connectivity index (χ0v) is 10.2. The largest absolute Gasteiger partial charge is 0.383 e. The standard InChI is InChI=1S/C10H14BCl2N/c1-8(14(2)3)9-6-4-5-7-10(9)11(12)13/h4-8H,1-3H3. The van der Waals surface area contributed by atoms with E-state index in [2.05, 4.69) is 17.9 Å². The van der Waals surface area contributed by atoms with Crippen molar-refractivity contribution in [2.24, 2.45) is 0 Å². The first-order chi connectivity index (χ1) is 6.54. The molecule has 0 aromatic heterocycles. The summed E-state index contributed by atoms with van der Waals surface area (Å²) in [5, 5.41) is 0. The van der Waals surface area contributed by atoms with Crippen LogP contribution in [-0.2, 0) is 0 Å². The lowest BCUT2D eigenvalue weighted by atomic mass is 9.85. The lowest BCUT2D eigenvalue weighted by molar-refractivity contribution is 0.322. The van der Waals surface area contributed by atoms with Crippen molar-refractivity contribution in [1.29, 1.82) is 0 Å². The molecule has 4 heteroatoms. The number of hydrogen-bond acceptors (Lipinski definition) is 1. The highest BCUT2D eigenvalue weighted by atomic mass is 35.5. The maximum absolute atomic E-state index is 5.90. The van der Waals surface area contributed by atoms with Crippen LogP contribution in [0.4, 0.5) is 0 Å². The van der Waals surface area contributed by atoms with Gasteiger partial charge in [-0.05, 0) is 32.0 Å². The fourth-order valence-corrected chi connectivity index (χ4v) is 1.77. The van der Waals surface area contributed by atoms with Gasteiger partial charge in [0.05, 0.1) is 0 Å². The van der Waals surface area contributed by atoms with Gasteiger partial charge in [-0.15, -0.1) is 0 Å². The molecule has 0 aliphatic heterocycles. The van der Waals surface area contributed by atoms with Gasteiger partial charge in [0.15, 0.2) is 0 Å². The van der Waals surface area contributed by atoms with E-state index in [0.717, 1.165) is 5.46 Å². The zero-order chi connectivity index (χ0) is 10.7. The molecule has 0 bridgehead atoms. The molecule has 0 radical (unpaired) electrons. The molecule has 0 N–H and O–H groups in total. The summed E-state index contributed by atoms with van der Waals surface area (Å²) in [6.45, 7) is 2.13. The molecule has 0 saturated carbocycles. The van der Waals surface area contributed by atoms with Gasteiger partial charge >= 0.3 is 5.54 Å². The molecule has 0 aliphatic carbocycles. The van der Waals surface area contributed by atoms with Crippen LogP contribution in [0.5, 0.6) is 0 Å². The quantitative estimate of drug-likeness (QED) is 0.721. The van der Waals surface area contributed by atoms with Gasteiger partial charge in [0.25, 0.3) is 0 Å². The Morgan fingerprint density at radius 3 is 2.29 bits per heavy atom. The Morgan fingerprint density at radius 1 is 1.21 bits per heavy atom. The van der Waals surface area contributed by atoms with E-state index in [9.17, 15) is 0 Å². The first-order valence-electron chi connectivity index (χ1n) is 4.57. The number of halogens is 2. The van der Waals surface area contributed by atoms with Crippen molar-refractivity contribution < 1.29 is 0 Å². The van der Waals surface area contributed by atoms with Crippen LogP contribution in [-0.4, -0.2) is 24.5 Å². The number of benzene rings is 1. The van der Waals surface area contributed by atoms with Gasteiger partial charge in [-0.25, -0.2) is 0 Å². The van der Waals surface area contributed by atoms with Gasteiger partial charge in [-0.1, -0.05) is 24.3 Å². The Labute approximate surface area is 95.9 Å². The van der Waals surface area contributed by atoms with E-state index < -0.39 is 5.54 Å². The Balaban J connectivity index is 3.06. The fourth-order valence-electron chi connectivity index (χ4n) is 1.37. The summed E-state index contributed by atoms with van der Waals surface area (Å²) in [6, 6.07) is 8.33. The minimum atomic E-state index is -0.450. The molecule has 76 valence electrons. The topological polar surface area (TPSA) is 3.24 Å². The highest BCUT2D eigenvalue weighted by Gasteiger charge is 2.18. The second kappa shape index (κ2) is 5.06. The number of hydrogen-bond donors (Lipinski definition) is 0. The van der Waals surface area contributed by atoms with Gasteiger partial charge in [0.2, 0.25) is 0 Å². The van der Waals surface area contributed by atoms with Gasteiger partial charge < -0.3 is 4.90 Å². The third-order valence-electron chi connectivity index (χ3n) is 2.46. The summed E-state index contributed by atoms with van der Waals surface area (Å²) < 4.78 is 0. The summed E-state index contributed by atoms with van der Waals surface area (Å²) in [5.74, 6) is 0. The normalized spacial score (nSPS) is 13.0. The summed E-state index contributed by atoms with van der Waals surface area (Å²) in [5.41, 5.74) is 1.73. The van der Waals surface area contributed by atoms with Gasteiger partial charge in [0, 0.05) is 6.04 Å². The van der Waals surface area contributed by atoms with Crippen LogP contribution in [0.15, 0.2) is 24.3 Å². The first-order valence-corrected chi connectivity index (χ1v) is 5.44. The van der Waals surface area contributed by atoms with Gasteiger partial charge in [0.1, 0.15) is 0 Å². The van der Waals surface area contributed by atoms with Crippen LogP contribution >= 0.6 is 22.9 Å². The van der Waals surface area contributed by atoms with Gasteiger partial charge in [-0.2, -0.15) is 22.9 Å². The molecule has 0 heterocycles. The minimum absolute atomic E-state index is 0.325. The number of rotatable bonds is 3. The molecule has 1 aromatic carbocycles. The predicted octanol–water partition coefficient (Wildman–Crippen LogP) is 2.48. The smallest absolute Gasteiger partial charge is 0.303 e. The van der Waals surface area contributed by atoms with E-state index in [1.165, 1.54) is 5.56 Å². The molecule has 0 fully saturated rings. The molecule has 1 atom stereocenters. The molecule has 1 unspecified atom stereocenters. The van der Waals surface area contributed by atoms with Crippen LogP contribution in [0, 0.1) is 0 Å². The first kappa shape index (κ1) is 11.9. The van der Waals surface area contributed by atoms with Crippen LogP contribution < -0.4 is 5.46 Å². The summed E-state index contributed by atoms with van der Waals surface area (Å²) in [7, 11) is 4.08. The van der Waals surface area contributed by atoms with Crippen LogP contribution in [0.3, 0.4) is 0 Å². The molecule has 0 aliphatic rings. The Kier molecular flexibility index (Phi) is 4.30. The zero-order valence-electron chi connectivity index (χ0n) is 8.67. The van der Waals surface area contributed by atoms with E-state index in [-0.39, 0.29) is 0 Å². The molecular formula is C10H14BCl2N. The highest BCUT2D eigenvalue weighted by Crippen LogP contribution is 2.16. The van der Waals surface area contributed by atoms with Crippen molar-refractivity contribution in [2.75, 3.05) is 14.1 Å². The third-order valence-corrected chi connectivity index (χ3v) is 2.93. The van der Waals surface area contributed by atoms with Crippen molar-refractivity contribution >= 4 is 33.9 Å². The van der Waals surface area contributed by atoms with Crippen molar-refractivity contribution in [1.82, 2.24) is 4.90 Å². The monoisotopic (exact) mass is 229 g/mol. The summed E-state index contributed by atoms with van der Waals surface area (Å²) >= 11 is 11.8. The van der Waals surface area contributed by atoms with Gasteiger partial charge in [-0.3, -0.25) is 0 Å². The molecule has 0 saturated heterocycles. The molecule has 0 spiro atoms. The average Bonchev–Trinajstić information content (AvgIpc) is 2.16. The average molecular weight is 230 g/mol. The van der Waals surface area contributed by atoms with Crippen molar-refractivity contribution in [3.05, 3.63) is 29.8 Å². The molecule has 0 amide bonds. The van der Waals surface area contributed by atoms with E-state index in [0.29, 0.717) is 6.04 Å². The second-order valence-electron chi connectivity index (χ2n) is 3.57. The van der Waals surface area contributed by atoms with E-state index in [1.807, 2.05) is 32.3 Å². The molecule has 1 nitrogen and oxygen atoms in total. The number of nitrogens with zero attached hydrogens (tertiary/aromatic N) is 1. The summed E-state index contributed by atoms with van der Waals surface area (Å²) in [6.07, 6.45) is 0. The highest BCUT2D eigenvalue weighted by molar-refractivity contribution is 7.39. The molecule has 14 heavy (non-hydrogen) atoms. The van der Waals surface area contributed by atoms with Crippen LogP contribution in [0.25, 0.3) is 0 Å². The molecular weight excluding hydrogens is 216 g/mol. The Hall–Kier alpha value is -0.175. The third kappa shape index (κ3) is 2.66. The molecule has 1 aromatic rings. The lowest BCUT2D eigenvalue weighted by Gasteiger charge is -2.22. The lowest BCUT2D eigenvalue weighted by Crippen LogP contribution is -2.29. The Morgan fingerprint density at radius 2 is 1.79 bits per heavy atom.